The number of phenolic OH excluding ortho intramolecular Hbond substituents is 2. The number of carbonyl (C=O) groups is 1. The Morgan fingerprint density at radius 3 is 2.43 bits per heavy atom. The fourth-order valence-corrected chi connectivity index (χ4v) is 9.01. The molecule has 0 aliphatic heterocycles. The molecule has 2 aliphatic rings. The van der Waals surface area contributed by atoms with Gasteiger partial charge in [0.25, 0.3) is 0 Å². The molecule has 1 aromatic carbocycles. The van der Waals surface area contributed by atoms with E-state index in [0.29, 0.717) is 60.8 Å². The Bertz CT molecular complexity index is 1660. The molecule has 0 bridgehead atoms. The average molecular weight is 748 g/mol. The van der Waals surface area contributed by atoms with Crippen LogP contribution in [0.2, 0.25) is 0 Å². The minimum atomic E-state index is -1.40. The van der Waals surface area contributed by atoms with E-state index in [-0.39, 0.29) is 42.3 Å². The van der Waals surface area contributed by atoms with E-state index in [0.717, 1.165) is 37.7 Å². The van der Waals surface area contributed by atoms with Crippen LogP contribution in [0.25, 0.3) is 11.3 Å². The second kappa shape index (κ2) is 19.1. The molecular weight excluding hydrogens is 686 g/mol. The number of phenols is 2. The van der Waals surface area contributed by atoms with Gasteiger partial charge in [-0.2, -0.15) is 0 Å². The van der Waals surface area contributed by atoms with Crippen LogP contribution >= 0.6 is 0 Å². The highest BCUT2D eigenvalue weighted by Gasteiger charge is 2.49. The largest absolute Gasteiger partial charge is 0.508 e. The van der Waals surface area contributed by atoms with Gasteiger partial charge in [-0.3, -0.25) is 4.79 Å². The van der Waals surface area contributed by atoms with Crippen molar-refractivity contribution >= 4 is 11.8 Å². The summed E-state index contributed by atoms with van der Waals surface area (Å²) in [5.41, 5.74) is 7.04. The number of carboxylic acids is 1. The third-order valence-corrected chi connectivity index (χ3v) is 12.0. The number of aliphatic hydroxyl groups is 4. The number of unbranched alkanes of at least 4 members (excludes halogenated alkanes) is 4. The monoisotopic (exact) mass is 747 g/mol. The average Bonchev–Trinajstić information content (AvgIpc) is 3.74. The van der Waals surface area contributed by atoms with Gasteiger partial charge in [0.2, 0.25) is 0 Å². The first-order valence-corrected chi connectivity index (χ1v) is 20.0. The second-order valence-corrected chi connectivity index (χ2v) is 16.1. The molecule has 3 aromatic rings. The predicted molar refractivity (Wildman–Crippen MR) is 208 cm³/mol. The number of nitrogens with one attached hydrogen (secondary N) is 1. The maximum absolute atomic E-state index is 12.3. The van der Waals surface area contributed by atoms with Gasteiger partial charge in [-0.1, -0.05) is 57.6 Å². The van der Waals surface area contributed by atoms with Crippen molar-refractivity contribution in [2.45, 2.75) is 127 Å². The minimum absolute atomic E-state index is 0.0224. The lowest BCUT2D eigenvalue weighted by atomic mass is 9.79. The van der Waals surface area contributed by atoms with Crippen LogP contribution in [-0.2, 0) is 11.2 Å². The highest BCUT2D eigenvalue weighted by atomic mass is 16.4. The normalized spacial score (nSPS) is 25.8. The Labute approximate surface area is 319 Å². The van der Waals surface area contributed by atoms with E-state index < -0.39 is 35.6 Å². The fraction of sp³-hybridized carbons (Fsp3) is 0.581. The lowest BCUT2D eigenvalue weighted by molar-refractivity contribution is -0.147. The Kier molecular flexibility index (Phi) is 14.6. The van der Waals surface area contributed by atoms with E-state index in [1.165, 1.54) is 37.5 Å². The summed E-state index contributed by atoms with van der Waals surface area (Å²) < 4.78 is 0. The molecule has 0 spiro atoms. The number of aromatic nitrogens is 2. The maximum Gasteiger partial charge on any atom is 0.309 e. The van der Waals surface area contributed by atoms with Crippen LogP contribution in [0.5, 0.6) is 11.5 Å². The minimum Gasteiger partial charge on any atom is -0.508 e. The number of aliphatic hydroxyl groups excluding tert-OH is 3. The van der Waals surface area contributed by atoms with Gasteiger partial charge in [-0.25, -0.2) is 4.98 Å². The molecule has 5 rings (SSSR count). The van der Waals surface area contributed by atoms with Gasteiger partial charge in [-0.15, -0.1) is 0 Å². The summed E-state index contributed by atoms with van der Waals surface area (Å²) in [6.07, 6.45) is 14.0. The molecule has 0 saturated heterocycles. The van der Waals surface area contributed by atoms with Crippen molar-refractivity contribution < 1.29 is 40.5 Å². The first kappa shape index (κ1) is 41.3. The van der Waals surface area contributed by atoms with E-state index in [1.807, 2.05) is 6.07 Å². The molecule has 2 heterocycles. The predicted octanol–water partition coefficient (Wildman–Crippen LogP) is 7.03. The lowest BCUT2D eigenvalue weighted by Gasteiger charge is -2.34. The summed E-state index contributed by atoms with van der Waals surface area (Å²) in [7, 11) is 0. The highest BCUT2D eigenvalue weighted by Crippen LogP contribution is 2.50. The Hall–Kier alpha value is -3.90. The van der Waals surface area contributed by atoms with Crippen LogP contribution in [-0.4, -0.2) is 69.5 Å². The number of aliphatic carboxylic acids is 1. The van der Waals surface area contributed by atoms with Crippen LogP contribution in [0.15, 0.2) is 60.8 Å². The third-order valence-electron chi connectivity index (χ3n) is 12.0. The van der Waals surface area contributed by atoms with E-state index in [2.05, 4.69) is 29.0 Å². The number of hydrogen-bond donors (Lipinski definition) is 9. The number of aromatic amines is 1. The SMILES string of the molecule is CCCCCC1C=CC(CCCCCC(C(=O)O)C(O)CCC2(O)CC(Cc3ccnc(N)c3)CC2C(O)c2ccc(-c3cc(O)cc(O)c3)[nH]2)C(O)C1. The van der Waals surface area contributed by atoms with E-state index in [1.54, 1.807) is 24.4 Å². The number of hydrogen-bond acceptors (Lipinski definition) is 9. The molecule has 2 aromatic heterocycles. The van der Waals surface area contributed by atoms with Gasteiger partial charge in [0, 0.05) is 41.1 Å². The van der Waals surface area contributed by atoms with Crippen molar-refractivity contribution in [1.29, 1.82) is 0 Å². The molecule has 9 atom stereocenters. The number of benzene rings is 1. The number of anilines is 1. The number of aromatic hydroxyl groups is 2. The highest BCUT2D eigenvalue weighted by molar-refractivity contribution is 5.70. The molecule has 54 heavy (non-hydrogen) atoms. The van der Waals surface area contributed by atoms with Crippen LogP contribution in [0.3, 0.4) is 0 Å². The molecule has 9 unspecified atom stereocenters. The van der Waals surface area contributed by atoms with Gasteiger partial charge in [-0.05, 0) is 112 Å². The quantitative estimate of drug-likeness (QED) is 0.0425. The summed E-state index contributed by atoms with van der Waals surface area (Å²) in [5.74, 6) is -1.94. The summed E-state index contributed by atoms with van der Waals surface area (Å²) in [6.45, 7) is 2.19. The molecule has 296 valence electrons. The number of nitrogen functional groups attached to an aromatic ring is 1. The van der Waals surface area contributed by atoms with Gasteiger partial charge in [0.05, 0.1) is 29.8 Å². The van der Waals surface area contributed by atoms with Crippen LogP contribution in [0.1, 0.15) is 114 Å². The van der Waals surface area contributed by atoms with E-state index >= 15 is 0 Å². The van der Waals surface area contributed by atoms with Crippen molar-refractivity contribution in [2.24, 2.45) is 29.6 Å². The van der Waals surface area contributed by atoms with E-state index in [4.69, 9.17) is 5.73 Å². The molecule has 0 radical (unpaired) electrons. The molecular formula is C43H61N3O8. The van der Waals surface area contributed by atoms with Gasteiger partial charge < -0.3 is 46.5 Å². The van der Waals surface area contributed by atoms with Crippen LogP contribution in [0, 0.1) is 29.6 Å². The molecule has 2 aliphatic carbocycles. The van der Waals surface area contributed by atoms with Gasteiger partial charge >= 0.3 is 5.97 Å². The van der Waals surface area contributed by atoms with Gasteiger partial charge in [0.1, 0.15) is 17.3 Å². The standard InChI is InChI=1S/C43H61N3O8/c1-2-3-5-8-27-11-12-30(39(50)21-27)9-6-4-7-10-34(42(52)53)38(49)15-17-43(54)26-29(19-28-16-18-45-40(44)22-28)20-35(43)41(51)37-14-13-36(46-37)31-23-32(47)25-33(48)24-31/h11-14,16,18,22-25,27,29-30,34-35,38-39,41,46-51,54H,2-10,15,17,19-21,26H2,1H3,(H2,44,45)(H,52,53). The summed E-state index contributed by atoms with van der Waals surface area (Å²) in [5, 5.41) is 76.0. The van der Waals surface area contributed by atoms with Crippen molar-refractivity contribution in [1.82, 2.24) is 9.97 Å². The number of nitrogens with zero attached hydrogens (tertiary/aromatic N) is 1. The van der Waals surface area contributed by atoms with Gasteiger partial charge in [0.15, 0.2) is 0 Å². The first-order chi connectivity index (χ1) is 25.8. The molecule has 1 fully saturated rings. The molecule has 0 amide bonds. The third kappa shape index (κ3) is 11.1. The topological polar surface area (TPSA) is 213 Å². The van der Waals surface area contributed by atoms with Crippen LogP contribution < -0.4 is 5.73 Å². The van der Waals surface area contributed by atoms with Crippen molar-refractivity contribution in [2.75, 3.05) is 5.73 Å². The Morgan fingerprint density at radius 1 is 0.963 bits per heavy atom. The molecule has 11 nitrogen and oxygen atoms in total. The maximum atomic E-state index is 12.3. The fourth-order valence-electron chi connectivity index (χ4n) is 9.01. The zero-order valence-corrected chi connectivity index (χ0v) is 31.6. The smallest absolute Gasteiger partial charge is 0.309 e. The number of H-pyrrole nitrogens is 1. The number of nitrogens with two attached hydrogens (primary N) is 1. The number of pyridine rings is 1. The zero-order valence-electron chi connectivity index (χ0n) is 31.6. The summed E-state index contributed by atoms with van der Waals surface area (Å²) in [4.78, 5) is 19.6. The number of allylic oxidation sites excluding steroid dienone is 1. The number of rotatable bonds is 20. The molecule has 11 heteroatoms. The van der Waals surface area contributed by atoms with Crippen molar-refractivity contribution in [3.63, 3.8) is 0 Å². The molecule has 10 N–H and O–H groups in total. The first-order valence-electron chi connectivity index (χ1n) is 20.0. The van der Waals surface area contributed by atoms with E-state index in [9.17, 15) is 40.5 Å². The second-order valence-electron chi connectivity index (χ2n) is 16.1. The lowest BCUT2D eigenvalue weighted by Crippen LogP contribution is -2.39. The van der Waals surface area contributed by atoms with Crippen molar-refractivity contribution in [3.8, 4) is 22.8 Å². The summed E-state index contributed by atoms with van der Waals surface area (Å²) >= 11 is 0. The van der Waals surface area contributed by atoms with Crippen molar-refractivity contribution in [3.05, 3.63) is 72.1 Å². The Balaban J connectivity index is 1.19. The summed E-state index contributed by atoms with van der Waals surface area (Å²) in [6, 6.07) is 11.3. The Morgan fingerprint density at radius 2 is 1.72 bits per heavy atom. The van der Waals surface area contributed by atoms with Crippen LogP contribution in [0.4, 0.5) is 5.82 Å². The zero-order chi connectivity index (χ0) is 38.8. The molecule has 1 saturated carbocycles. The number of carboxylic acid groups (broad SMARTS) is 1.